The monoisotopic (exact) mass is 281 g/mol. The van der Waals surface area contributed by atoms with Crippen LogP contribution < -0.4 is 5.32 Å². The highest BCUT2D eigenvalue weighted by molar-refractivity contribution is 5.95. The number of carboxylic acid groups (broad SMARTS) is 1. The summed E-state index contributed by atoms with van der Waals surface area (Å²) in [4.78, 5) is 23.1. The first-order chi connectivity index (χ1) is 9.33. The van der Waals surface area contributed by atoms with Crippen LogP contribution in [0, 0.1) is 12.7 Å². The van der Waals surface area contributed by atoms with Gasteiger partial charge in [-0.1, -0.05) is 19.9 Å². The van der Waals surface area contributed by atoms with Gasteiger partial charge in [0.1, 0.15) is 5.82 Å². The Bertz CT molecular complexity index is 510. The Balaban J connectivity index is 2.95. The largest absolute Gasteiger partial charge is 0.481 e. The molecule has 0 aromatic heterocycles. The van der Waals surface area contributed by atoms with Crippen LogP contribution in [0.4, 0.5) is 4.39 Å². The van der Waals surface area contributed by atoms with Crippen LogP contribution in [0.1, 0.15) is 49.0 Å². The number of nitrogens with one attached hydrogen (secondary N) is 1. The maximum absolute atomic E-state index is 13.5. The molecule has 110 valence electrons. The lowest BCUT2D eigenvalue weighted by molar-refractivity contribution is -0.138. The summed E-state index contributed by atoms with van der Waals surface area (Å²) in [5.41, 5.74) is -0.140. The van der Waals surface area contributed by atoms with E-state index in [0.29, 0.717) is 18.4 Å². The predicted molar refractivity (Wildman–Crippen MR) is 74.2 cm³/mol. The Labute approximate surface area is 118 Å². The van der Waals surface area contributed by atoms with Gasteiger partial charge in [0.15, 0.2) is 0 Å². The molecule has 0 radical (unpaired) electrons. The van der Waals surface area contributed by atoms with Crippen LogP contribution in [0.2, 0.25) is 0 Å². The second-order valence-corrected chi connectivity index (χ2v) is 4.98. The summed E-state index contributed by atoms with van der Waals surface area (Å²) in [5, 5.41) is 11.7. The van der Waals surface area contributed by atoms with E-state index in [1.807, 2.05) is 13.8 Å². The zero-order valence-corrected chi connectivity index (χ0v) is 12.0. The number of hydrogen-bond acceptors (Lipinski definition) is 2. The lowest BCUT2D eigenvalue weighted by Gasteiger charge is -2.31. The maximum atomic E-state index is 13.5. The summed E-state index contributed by atoms with van der Waals surface area (Å²) < 4.78 is 13.5. The Hall–Kier alpha value is -1.91. The molecule has 20 heavy (non-hydrogen) atoms. The molecule has 0 aliphatic carbocycles. The molecule has 1 aromatic rings. The number of rotatable bonds is 6. The van der Waals surface area contributed by atoms with Crippen LogP contribution >= 0.6 is 0 Å². The number of amides is 1. The first-order valence-corrected chi connectivity index (χ1v) is 6.64. The average Bonchev–Trinajstić information content (AvgIpc) is 2.40. The molecule has 0 aliphatic heterocycles. The van der Waals surface area contributed by atoms with Crippen LogP contribution in [0.3, 0.4) is 0 Å². The van der Waals surface area contributed by atoms with Gasteiger partial charge in [0.05, 0.1) is 12.0 Å². The molecule has 0 heterocycles. The summed E-state index contributed by atoms with van der Waals surface area (Å²) in [7, 11) is 0. The van der Waals surface area contributed by atoms with Gasteiger partial charge in [-0.15, -0.1) is 0 Å². The van der Waals surface area contributed by atoms with Gasteiger partial charge in [0.25, 0.3) is 5.91 Å². The third-order valence-electron chi connectivity index (χ3n) is 3.66. The maximum Gasteiger partial charge on any atom is 0.305 e. The smallest absolute Gasteiger partial charge is 0.305 e. The Morgan fingerprint density at radius 3 is 2.35 bits per heavy atom. The lowest BCUT2D eigenvalue weighted by Crippen LogP contribution is -2.49. The standard InChI is InChI=1S/C15H20FNO3/c1-4-15(5-2,9-13(18)19)17-14(20)11-7-6-10(3)12(16)8-11/h6-8H,4-5,9H2,1-3H3,(H,17,20)(H,18,19). The number of halogens is 1. The summed E-state index contributed by atoms with van der Waals surface area (Å²) >= 11 is 0. The van der Waals surface area contributed by atoms with Crippen molar-refractivity contribution in [2.75, 3.05) is 0 Å². The lowest BCUT2D eigenvalue weighted by atomic mass is 9.88. The molecule has 5 heteroatoms. The molecule has 0 unspecified atom stereocenters. The number of aryl methyl sites for hydroxylation is 1. The van der Waals surface area contributed by atoms with Crippen LogP contribution in [0.5, 0.6) is 0 Å². The normalized spacial score (nSPS) is 11.2. The fourth-order valence-electron chi connectivity index (χ4n) is 2.06. The van der Waals surface area contributed by atoms with Gasteiger partial charge >= 0.3 is 5.97 Å². The molecule has 1 amide bonds. The number of benzene rings is 1. The van der Waals surface area contributed by atoms with Crippen molar-refractivity contribution in [3.63, 3.8) is 0 Å². The molecule has 1 rings (SSSR count). The van der Waals surface area contributed by atoms with Gasteiger partial charge in [0.2, 0.25) is 0 Å². The van der Waals surface area contributed by atoms with E-state index >= 15 is 0 Å². The van der Waals surface area contributed by atoms with E-state index in [9.17, 15) is 14.0 Å². The van der Waals surface area contributed by atoms with Crippen LogP contribution in [0.15, 0.2) is 18.2 Å². The van der Waals surface area contributed by atoms with Crippen molar-refractivity contribution in [1.82, 2.24) is 5.32 Å². The fourth-order valence-corrected chi connectivity index (χ4v) is 2.06. The summed E-state index contributed by atoms with van der Waals surface area (Å²) in [6, 6.07) is 4.23. The van der Waals surface area contributed by atoms with E-state index in [0.717, 1.165) is 0 Å². The van der Waals surface area contributed by atoms with E-state index < -0.39 is 23.2 Å². The van der Waals surface area contributed by atoms with Crippen molar-refractivity contribution in [1.29, 1.82) is 0 Å². The van der Waals surface area contributed by atoms with Crippen molar-refractivity contribution in [3.05, 3.63) is 35.1 Å². The molecule has 2 N–H and O–H groups in total. The molecular formula is C15H20FNO3. The van der Waals surface area contributed by atoms with Gasteiger partial charge in [-0.25, -0.2) is 4.39 Å². The van der Waals surface area contributed by atoms with Gasteiger partial charge in [-0.2, -0.15) is 0 Å². The van der Waals surface area contributed by atoms with Gasteiger partial charge in [-0.05, 0) is 37.5 Å². The number of aliphatic carboxylic acids is 1. The number of carboxylic acids is 1. The van der Waals surface area contributed by atoms with E-state index in [1.165, 1.54) is 18.2 Å². The number of carbonyl (C=O) groups excluding carboxylic acids is 1. The minimum absolute atomic E-state index is 0.153. The molecule has 0 fully saturated rings. The highest BCUT2D eigenvalue weighted by atomic mass is 19.1. The quantitative estimate of drug-likeness (QED) is 0.842. The van der Waals surface area contributed by atoms with E-state index in [4.69, 9.17) is 5.11 Å². The SMILES string of the molecule is CCC(CC)(CC(=O)O)NC(=O)c1ccc(C)c(F)c1. The minimum Gasteiger partial charge on any atom is -0.481 e. The molecule has 0 saturated carbocycles. The van der Waals surface area contributed by atoms with Gasteiger partial charge < -0.3 is 10.4 Å². The van der Waals surface area contributed by atoms with Crippen LogP contribution in [0.25, 0.3) is 0 Å². The van der Waals surface area contributed by atoms with E-state index in [2.05, 4.69) is 5.32 Å². The second-order valence-electron chi connectivity index (χ2n) is 4.98. The molecule has 0 atom stereocenters. The van der Waals surface area contributed by atoms with E-state index in [-0.39, 0.29) is 12.0 Å². The summed E-state index contributed by atoms with van der Waals surface area (Å²) in [6.07, 6.45) is 0.839. The van der Waals surface area contributed by atoms with Crippen molar-refractivity contribution in [3.8, 4) is 0 Å². The average molecular weight is 281 g/mol. The fraction of sp³-hybridized carbons (Fsp3) is 0.467. The van der Waals surface area contributed by atoms with Crippen molar-refractivity contribution in [2.45, 2.75) is 45.6 Å². The second kappa shape index (κ2) is 6.50. The van der Waals surface area contributed by atoms with Gasteiger partial charge in [-0.3, -0.25) is 9.59 Å². The van der Waals surface area contributed by atoms with Crippen LogP contribution in [-0.4, -0.2) is 22.5 Å². The molecule has 1 aromatic carbocycles. The zero-order chi connectivity index (χ0) is 15.3. The minimum atomic E-state index is -0.968. The molecule has 0 spiro atoms. The molecule has 0 bridgehead atoms. The van der Waals surface area contributed by atoms with Crippen molar-refractivity contribution in [2.24, 2.45) is 0 Å². The first kappa shape index (κ1) is 16.1. The zero-order valence-electron chi connectivity index (χ0n) is 12.0. The predicted octanol–water partition coefficient (Wildman–Crippen LogP) is 2.90. The summed E-state index contributed by atoms with van der Waals surface area (Å²) in [5.74, 6) is -1.87. The van der Waals surface area contributed by atoms with Crippen molar-refractivity contribution < 1.29 is 19.1 Å². The molecular weight excluding hydrogens is 261 g/mol. The third kappa shape index (κ3) is 3.79. The van der Waals surface area contributed by atoms with Crippen LogP contribution in [-0.2, 0) is 4.79 Å². The molecule has 0 aliphatic rings. The number of hydrogen-bond donors (Lipinski definition) is 2. The Morgan fingerprint density at radius 1 is 1.30 bits per heavy atom. The topological polar surface area (TPSA) is 66.4 Å². The Kier molecular flexibility index (Phi) is 5.25. The van der Waals surface area contributed by atoms with Gasteiger partial charge in [0, 0.05) is 5.56 Å². The summed E-state index contributed by atoms with van der Waals surface area (Å²) in [6.45, 7) is 5.26. The highest BCUT2D eigenvalue weighted by Crippen LogP contribution is 2.21. The first-order valence-electron chi connectivity index (χ1n) is 6.64. The van der Waals surface area contributed by atoms with E-state index in [1.54, 1.807) is 6.92 Å². The molecule has 4 nitrogen and oxygen atoms in total. The molecule has 0 saturated heterocycles. The van der Waals surface area contributed by atoms with Crippen molar-refractivity contribution >= 4 is 11.9 Å². The Morgan fingerprint density at radius 2 is 1.90 bits per heavy atom. The highest BCUT2D eigenvalue weighted by Gasteiger charge is 2.31. The third-order valence-corrected chi connectivity index (χ3v) is 3.66. The number of carbonyl (C=O) groups is 2.